The zero-order chi connectivity index (χ0) is 11.3. The lowest BCUT2D eigenvalue weighted by atomic mass is 9.93. The lowest BCUT2D eigenvalue weighted by molar-refractivity contribution is -0.174. The molecule has 2 unspecified atom stereocenters. The summed E-state index contributed by atoms with van der Waals surface area (Å²) in [4.78, 5) is 0. The molecule has 1 aliphatic rings. The van der Waals surface area contributed by atoms with Gasteiger partial charge in [0.1, 0.15) is 6.61 Å². The third-order valence-corrected chi connectivity index (χ3v) is 2.63. The number of alkyl halides is 3. The first-order chi connectivity index (χ1) is 6.97. The fourth-order valence-corrected chi connectivity index (χ4v) is 1.85. The highest BCUT2D eigenvalue weighted by Crippen LogP contribution is 2.18. The normalized spacial score (nSPS) is 28.0. The van der Waals surface area contributed by atoms with Crippen LogP contribution in [0.4, 0.5) is 13.2 Å². The Hall–Kier alpha value is -0.290. The molecule has 2 nitrogen and oxygen atoms in total. The lowest BCUT2D eigenvalue weighted by Crippen LogP contribution is -2.38. The standard InChI is InChI=1S/C10H18F3NO/c1-8-2-4-14-9(6-8)3-5-15-7-10(11,12)13/h8-9,14H,2-7H2,1H3. The Kier molecular flexibility index (Phi) is 4.86. The van der Waals surface area contributed by atoms with Crippen molar-refractivity contribution in [2.75, 3.05) is 19.8 Å². The number of rotatable bonds is 4. The minimum atomic E-state index is -4.20. The van der Waals surface area contributed by atoms with Gasteiger partial charge >= 0.3 is 6.18 Å². The van der Waals surface area contributed by atoms with E-state index in [4.69, 9.17) is 0 Å². The van der Waals surface area contributed by atoms with Crippen molar-refractivity contribution in [3.63, 3.8) is 0 Å². The van der Waals surface area contributed by atoms with Crippen molar-refractivity contribution in [1.82, 2.24) is 5.32 Å². The fourth-order valence-electron chi connectivity index (χ4n) is 1.85. The molecule has 1 fully saturated rings. The molecular weight excluding hydrogens is 207 g/mol. The highest BCUT2D eigenvalue weighted by Gasteiger charge is 2.27. The van der Waals surface area contributed by atoms with Crippen LogP contribution in [-0.2, 0) is 4.74 Å². The van der Waals surface area contributed by atoms with Crippen LogP contribution in [0.2, 0.25) is 0 Å². The van der Waals surface area contributed by atoms with Gasteiger partial charge in [0, 0.05) is 12.6 Å². The largest absolute Gasteiger partial charge is 0.411 e. The average Bonchev–Trinajstić information content (AvgIpc) is 2.11. The minimum Gasteiger partial charge on any atom is -0.372 e. The molecular formula is C10H18F3NO. The predicted molar refractivity (Wildman–Crippen MR) is 51.7 cm³/mol. The number of hydrogen-bond acceptors (Lipinski definition) is 2. The Balaban J connectivity index is 2.04. The summed E-state index contributed by atoms with van der Waals surface area (Å²) < 4.78 is 39.8. The van der Waals surface area contributed by atoms with Gasteiger partial charge in [-0.3, -0.25) is 0 Å². The van der Waals surface area contributed by atoms with Crippen LogP contribution in [0.1, 0.15) is 26.2 Å². The maximum Gasteiger partial charge on any atom is 0.411 e. The van der Waals surface area contributed by atoms with Gasteiger partial charge in [-0.1, -0.05) is 6.92 Å². The van der Waals surface area contributed by atoms with Gasteiger partial charge in [0.2, 0.25) is 0 Å². The summed E-state index contributed by atoms with van der Waals surface area (Å²) in [5, 5.41) is 3.29. The molecule has 1 saturated heterocycles. The second kappa shape index (κ2) is 5.70. The van der Waals surface area contributed by atoms with E-state index in [0.717, 1.165) is 19.4 Å². The van der Waals surface area contributed by atoms with Gasteiger partial charge in [-0.15, -0.1) is 0 Å². The van der Waals surface area contributed by atoms with Gasteiger partial charge in [-0.2, -0.15) is 13.2 Å². The summed E-state index contributed by atoms with van der Waals surface area (Å²) in [6, 6.07) is 0.321. The van der Waals surface area contributed by atoms with E-state index in [1.807, 2.05) is 0 Å². The monoisotopic (exact) mass is 225 g/mol. The maximum atomic E-state index is 11.7. The zero-order valence-corrected chi connectivity index (χ0v) is 8.94. The molecule has 0 amide bonds. The van der Waals surface area contributed by atoms with Gasteiger partial charge < -0.3 is 10.1 Å². The van der Waals surface area contributed by atoms with E-state index in [1.54, 1.807) is 0 Å². The molecule has 0 aromatic heterocycles. The highest BCUT2D eigenvalue weighted by atomic mass is 19.4. The number of nitrogens with one attached hydrogen (secondary N) is 1. The molecule has 0 bridgehead atoms. The highest BCUT2D eigenvalue weighted by molar-refractivity contribution is 4.75. The smallest absolute Gasteiger partial charge is 0.372 e. The van der Waals surface area contributed by atoms with Crippen molar-refractivity contribution in [2.24, 2.45) is 5.92 Å². The van der Waals surface area contributed by atoms with Crippen LogP contribution in [0, 0.1) is 5.92 Å². The van der Waals surface area contributed by atoms with Crippen molar-refractivity contribution < 1.29 is 17.9 Å². The second-order valence-electron chi connectivity index (χ2n) is 4.24. The van der Waals surface area contributed by atoms with Crippen LogP contribution in [-0.4, -0.2) is 32.0 Å². The second-order valence-corrected chi connectivity index (χ2v) is 4.24. The van der Waals surface area contributed by atoms with Crippen molar-refractivity contribution in [1.29, 1.82) is 0 Å². The van der Waals surface area contributed by atoms with Gasteiger partial charge in [-0.05, 0) is 31.7 Å². The van der Waals surface area contributed by atoms with E-state index in [-0.39, 0.29) is 6.61 Å². The van der Waals surface area contributed by atoms with E-state index in [9.17, 15) is 13.2 Å². The van der Waals surface area contributed by atoms with Gasteiger partial charge in [-0.25, -0.2) is 0 Å². The van der Waals surface area contributed by atoms with E-state index in [2.05, 4.69) is 17.0 Å². The summed E-state index contributed by atoms with van der Waals surface area (Å²) in [5.74, 6) is 0.666. The molecule has 1 N–H and O–H groups in total. The zero-order valence-electron chi connectivity index (χ0n) is 8.94. The van der Waals surface area contributed by atoms with Crippen molar-refractivity contribution in [3.05, 3.63) is 0 Å². The van der Waals surface area contributed by atoms with Crippen LogP contribution < -0.4 is 5.32 Å². The van der Waals surface area contributed by atoms with Crippen LogP contribution in [0.25, 0.3) is 0 Å². The van der Waals surface area contributed by atoms with Gasteiger partial charge in [0.05, 0.1) is 0 Å². The average molecular weight is 225 g/mol. The molecule has 0 saturated carbocycles. The number of halogens is 3. The third-order valence-electron chi connectivity index (χ3n) is 2.63. The summed E-state index contributed by atoms with van der Waals surface area (Å²) in [7, 11) is 0. The summed E-state index contributed by atoms with van der Waals surface area (Å²) in [5.41, 5.74) is 0. The van der Waals surface area contributed by atoms with E-state index >= 15 is 0 Å². The molecule has 0 spiro atoms. The molecule has 2 atom stereocenters. The molecule has 0 radical (unpaired) electrons. The van der Waals surface area contributed by atoms with E-state index in [0.29, 0.717) is 18.4 Å². The molecule has 5 heteroatoms. The molecule has 90 valence electrons. The quantitative estimate of drug-likeness (QED) is 0.741. The molecule has 1 heterocycles. The number of piperidine rings is 1. The Bertz CT molecular complexity index is 184. The lowest BCUT2D eigenvalue weighted by Gasteiger charge is -2.28. The molecule has 0 aromatic rings. The van der Waals surface area contributed by atoms with Crippen LogP contribution >= 0.6 is 0 Å². The molecule has 1 aliphatic heterocycles. The van der Waals surface area contributed by atoms with Crippen LogP contribution in [0.3, 0.4) is 0 Å². The number of ether oxygens (including phenoxy) is 1. The Labute approximate surface area is 88.2 Å². The van der Waals surface area contributed by atoms with E-state index in [1.165, 1.54) is 0 Å². The Morgan fingerprint density at radius 1 is 1.40 bits per heavy atom. The van der Waals surface area contributed by atoms with Crippen molar-refractivity contribution in [3.8, 4) is 0 Å². The number of hydrogen-bond donors (Lipinski definition) is 1. The summed E-state index contributed by atoms with van der Waals surface area (Å²) in [6.45, 7) is 2.19. The molecule has 0 aliphatic carbocycles. The Morgan fingerprint density at radius 2 is 2.13 bits per heavy atom. The van der Waals surface area contributed by atoms with Crippen LogP contribution in [0.5, 0.6) is 0 Å². The van der Waals surface area contributed by atoms with Crippen molar-refractivity contribution >= 4 is 0 Å². The Morgan fingerprint density at radius 3 is 2.73 bits per heavy atom. The first-order valence-electron chi connectivity index (χ1n) is 5.35. The first kappa shape index (κ1) is 12.8. The topological polar surface area (TPSA) is 21.3 Å². The maximum absolute atomic E-state index is 11.7. The van der Waals surface area contributed by atoms with Gasteiger partial charge in [0.15, 0.2) is 0 Å². The van der Waals surface area contributed by atoms with E-state index < -0.39 is 12.8 Å². The van der Waals surface area contributed by atoms with Crippen LogP contribution in [0.15, 0.2) is 0 Å². The van der Waals surface area contributed by atoms with Gasteiger partial charge in [0.25, 0.3) is 0 Å². The predicted octanol–water partition coefficient (Wildman–Crippen LogP) is 2.34. The molecule has 0 aromatic carbocycles. The SMILES string of the molecule is CC1CCNC(CCOCC(F)(F)F)C1. The summed E-state index contributed by atoms with van der Waals surface area (Å²) >= 11 is 0. The molecule has 1 rings (SSSR count). The first-order valence-corrected chi connectivity index (χ1v) is 5.35. The third kappa shape index (κ3) is 5.99. The minimum absolute atomic E-state index is 0.184. The van der Waals surface area contributed by atoms with Crippen molar-refractivity contribution in [2.45, 2.75) is 38.4 Å². The summed E-state index contributed by atoms with van der Waals surface area (Å²) in [6.07, 6.45) is -1.34. The fraction of sp³-hybridized carbons (Fsp3) is 1.00. The molecule has 15 heavy (non-hydrogen) atoms.